The summed E-state index contributed by atoms with van der Waals surface area (Å²) in [5, 5.41) is 4.23. The molecule has 1 aromatic heterocycles. The number of rotatable bonds is 6. The SMILES string of the molecule is COC1(COC(=O)Cn2nc(C3CC3)n(C)c2=O)CC1. The highest BCUT2D eigenvalue weighted by atomic mass is 16.6. The van der Waals surface area contributed by atoms with Gasteiger partial charge >= 0.3 is 11.7 Å². The fourth-order valence-corrected chi connectivity index (χ4v) is 2.23. The summed E-state index contributed by atoms with van der Waals surface area (Å²) in [5.74, 6) is 0.683. The van der Waals surface area contributed by atoms with Crippen molar-refractivity contribution in [1.82, 2.24) is 14.3 Å². The lowest BCUT2D eigenvalue weighted by Crippen LogP contribution is -2.29. The minimum Gasteiger partial charge on any atom is -0.461 e. The van der Waals surface area contributed by atoms with Gasteiger partial charge in [-0.25, -0.2) is 9.48 Å². The molecule has 7 nitrogen and oxygen atoms in total. The number of carbonyl (C=O) groups is 1. The van der Waals surface area contributed by atoms with E-state index in [0.717, 1.165) is 31.5 Å². The zero-order chi connectivity index (χ0) is 14.3. The molecule has 2 saturated carbocycles. The van der Waals surface area contributed by atoms with Gasteiger partial charge in [0.1, 0.15) is 24.6 Å². The van der Waals surface area contributed by atoms with E-state index in [1.54, 1.807) is 14.2 Å². The molecule has 0 spiro atoms. The van der Waals surface area contributed by atoms with Crippen LogP contribution in [0, 0.1) is 0 Å². The highest BCUT2D eigenvalue weighted by Crippen LogP contribution is 2.39. The average Bonchev–Trinajstić information content (AvgIpc) is 3.34. The van der Waals surface area contributed by atoms with Gasteiger partial charge in [-0.05, 0) is 25.7 Å². The summed E-state index contributed by atoms with van der Waals surface area (Å²) in [5.41, 5.74) is -0.555. The summed E-state index contributed by atoms with van der Waals surface area (Å²) < 4.78 is 13.1. The molecule has 0 N–H and O–H groups in total. The maximum Gasteiger partial charge on any atom is 0.346 e. The van der Waals surface area contributed by atoms with E-state index in [4.69, 9.17) is 9.47 Å². The van der Waals surface area contributed by atoms with Crippen LogP contribution in [0.3, 0.4) is 0 Å². The van der Waals surface area contributed by atoms with Crippen molar-refractivity contribution in [1.29, 1.82) is 0 Å². The van der Waals surface area contributed by atoms with E-state index < -0.39 is 5.97 Å². The lowest BCUT2D eigenvalue weighted by Gasteiger charge is -2.12. The molecule has 0 atom stereocenters. The number of nitrogens with zero attached hydrogens (tertiary/aromatic N) is 3. The Hall–Kier alpha value is -1.63. The van der Waals surface area contributed by atoms with E-state index in [9.17, 15) is 9.59 Å². The zero-order valence-corrected chi connectivity index (χ0v) is 11.8. The van der Waals surface area contributed by atoms with Gasteiger partial charge < -0.3 is 9.47 Å². The quantitative estimate of drug-likeness (QED) is 0.695. The lowest BCUT2D eigenvalue weighted by molar-refractivity contribution is -0.149. The molecule has 3 rings (SSSR count). The van der Waals surface area contributed by atoms with Crippen LogP contribution < -0.4 is 5.69 Å². The lowest BCUT2D eigenvalue weighted by atomic mass is 10.4. The van der Waals surface area contributed by atoms with Crippen molar-refractivity contribution in [3.63, 3.8) is 0 Å². The van der Waals surface area contributed by atoms with Gasteiger partial charge in [-0.1, -0.05) is 0 Å². The van der Waals surface area contributed by atoms with E-state index in [2.05, 4.69) is 5.10 Å². The number of ether oxygens (including phenoxy) is 2. The van der Waals surface area contributed by atoms with Crippen molar-refractivity contribution < 1.29 is 14.3 Å². The minimum absolute atomic E-state index is 0.140. The van der Waals surface area contributed by atoms with Crippen LogP contribution in [0.1, 0.15) is 37.4 Å². The monoisotopic (exact) mass is 281 g/mol. The Bertz CT molecular complexity index is 581. The Morgan fingerprint density at radius 1 is 1.45 bits per heavy atom. The average molecular weight is 281 g/mol. The molecule has 0 unspecified atom stereocenters. The third kappa shape index (κ3) is 2.49. The Morgan fingerprint density at radius 3 is 2.70 bits per heavy atom. The predicted molar refractivity (Wildman–Crippen MR) is 69.4 cm³/mol. The van der Waals surface area contributed by atoms with Crippen molar-refractivity contribution in [2.24, 2.45) is 7.05 Å². The van der Waals surface area contributed by atoms with Crippen LogP contribution in [0.15, 0.2) is 4.79 Å². The molecule has 2 fully saturated rings. The fourth-order valence-electron chi connectivity index (χ4n) is 2.23. The molecular weight excluding hydrogens is 262 g/mol. The molecule has 0 aliphatic heterocycles. The minimum atomic E-state index is -0.448. The second-order valence-corrected chi connectivity index (χ2v) is 5.68. The Labute approximate surface area is 116 Å². The number of hydrogen-bond donors (Lipinski definition) is 0. The van der Waals surface area contributed by atoms with Gasteiger partial charge in [0.05, 0.1) is 0 Å². The number of aromatic nitrogens is 3. The Morgan fingerprint density at radius 2 is 2.15 bits per heavy atom. The number of esters is 1. The van der Waals surface area contributed by atoms with Crippen LogP contribution in [0.4, 0.5) is 0 Å². The molecule has 110 valence electrons. The molecule has 0 aromatic carbocycles. The van der Waals surface area contributed by atoms with Gasteiger partial charge in [0.15, 0.2) is 0 Å². The molecule has 0 radical (unpaired) electrons. The smallest absolute Gasteiger partial charge is 0.346 e. The van der Waals surface area contributed by atoms with Crippen LogP contribution in [0.25, 0.3) is 0 Å². The first-order chi connectivity index (χ1) is 9.54. The molecule has 0 bridgehead atoms. The summed E-state index contributed by atoms with van der Waals surface area (Å²) in [6.45, 7) is 0.110. The predicted octanol–water partition coefficient (Wildman–Crippen LogP) is 0.181. The summed E-state index contributed by atoms with van der Waals surface area (Å²) in [4.78, 5) is 23.7. The van der Waals surface area contributed by atoms with Crippen LogP contribution >= 0.6 is 0 Å². The second kappa shape index (κ2) is 4.73. The topological polar surface area (TPSA) is 75.3 Å². The van der Waals surface area contributed by atoms with Crippen molar-refractivity contribution in [2.75, 3.05) is 13.7 Å². The third-order valence-electron chi connectivity index (χ3n) is 4.03. The van der Waals surface area contributed by atoms with Gasteiger partial charge in [0, 0.05) is 20.1 Å². The standard InChI is InChI=1S/C13H19N3O4/c1-15-11(9-3-4-9)14-16(12(15)18)7-10(17)20-8-13(19-2)5-6-13/h9H,3-8H2,1-2H3. The van der Waals surface area contributed by atoms with E-state index in [1.807, 2.05) is 0 Å². The summed E-state index contributed by atoms with van der Waals surface area (Å²) in [6.07, 6.45) is 3.94. The Kier molecular flexibility index (Phi) is 3.16. The van der Waals surface area contributed by atoms with E-state index in [1.165, 1.54) is 9.25 Å². The molecule has 2 aliphatic carbocycles. The van der Waals surface area contributed by atoms with E-state index >= 15 is 0 Å². The second-order valence-electron chi connectivity index (χ2n) is 5.68. The normalized spacial score (nSPS) is 19.9. The van der Waals surface area contributed by atoms with Crippen molar-refractivity contribution in [3.05, 3.63) is 16.3 Å². The molecule has 2 aliphatic rings. The van der Waals surface area contributed by atoms with Gasteiger partial charge in [0.25, 0.3) is 0 Å². The van der Waals surface area contributed by atoms with Gasteiger partial charge in [-0.2, -0.15) is 5.10 Å². The van der Waals surface area contributed by atoms with E-state index in [0.29, 0.717) is 5.92 Å². The first-order valence-electron chi connectivity index (χ1n) is 6.89. The number of methoxy groups -OCH3 is 1. The Balaban J connectivity index is 1.61. The first kappa shape index (κ1) is 13.4. The molecule has 0 amide bonds. The molecule has 7 heteroatoms. The maximum absolute atomic E-state index is 12.0. The van der Waals surface area contributed by atoms with Crippen molar-refractivity contribution in [2.45, 2.75) is 43.7 Å². The largest absolute Gasteiger partial charge is 0.461 e. The molecule has 1 heterocycles. The van der Waals surface area contributed by atoms with Crippen molar-refractivity contribution >= 4 is 5.97 Å². The number of carbonyl (C=O) groups excluding carboxylic acids is 1. The van der Waals surface area contributed by atoms with Crippen molar-refractivity contribution in [3.8, 4) is 0 Å². The van der Waals surface area contributed by atoms with Crippen LogP contribution in [0.5, 0.6) is 0 Å². The highest BCUT2D eigenvalue weighted by molar-refractivity contribution is 5.69. The number of hydrogen-bond acceptors (Lipinski definition) is 5. The summed E-state index contributed by atoms with van der Waals surface area (Å²) in [7, 11) is 3.31. The fraction of sp³-hybridized carbons (Fsp3) is 0.769. The van der Waals surface area contributed by atoms with Gasteiger partial charge in [-0.3, -0.25) is 9.36 Å². The van der Waals surface area contributed by atoms with Crippen LogP contribution in [-0.2, 0) is 27.9 Å². The zero-order valence-electron chi connectivity index (χ0n) is 11.8. The summed E-state index contributed by atoms with van der Waals surface area (Å²) >= 11 is 0. The van der Waals surface area contributed by atoms with Crippen LogP contribution in [0.2, 0.25) is 0 Å². The van der Waals surface area contributed by atoms with Crippen LogP contribution in [-0.4, -0.2) is 39.6 Å². The molecular formula is C13H19N3O4. The first-order valence-corrected chi connectivity index (χ1v) is 6.89. The van der Waals surface area contributed by atoms with Gasteiger partial charge in [0.2, 0.25) is 0 Å². The van der Waals surface area contributed by atoms with E-state index in [-0.39, 0.29) is 24.4 Å². The third-order valence-corrected chi connectivity index (χ3v) is 4.03. The molecule has 0 saturated heterocycles. The maximum atomic E-state index is 12.0. The molecule has 1 aromatic rings. The highest BCUT2D eigenvalue weighted by Gasteiger charge is 2.44. The molecule has 20 heavy (non-hydrogen) atoms. The van der Waals surface area contributed by atoms with Gasteiger partial charge in [-0.15, -0.1) is 0 Å². The summed E-state index contributed by atoms with van der Waals surface area (Å²) in [6, 6.07) is 0.